The van der Waals surface area contributed by atoms with Gasteiger partial charge in [-0.3, -0.25) is 4.79 Å². The van der Waals surface area contributed by atoms with Gasteiger partial charge in [0, 0.05) is 18.5 Å². The van der Waals surface area contributed by atoms with Crippen LogP contribution in [0.15, 0.2) is 0 Å². The highest BCUT2D eigenvalue weighted by Gasteiger charge is 2.39. The number of carbonyl (C=O) groups is 1. The third-order valence-electron chi connectivity index (χ3n) is 4.63. The van der Waals surface area contributed by atoms with Crippen molar-refractivity contribution in [1.82, 2.24) is 4.90 Å². The predicted octanol–water partition coefficient (Wildman–Crippen LogP) is 2.43. The van der Waals surface area contributed by atoms with Crippen LogP contribution in [0.1, 0.15) is 46.0 Å². The standard InChI is InChI=1S/C14H26N2O.ClH/c1-10(2)13-7-4-8-16(13)14(17)12-6-3-5-11(12)9-15;/h10-13H,3-9,15H2,1-2H3;1H/t11-,12-,13?;/m1./s1. The summed E-state index contributed by atoms with van der Waals surface area (Å²) in [5, 5.41) is 0. The third kappa shape index (κ3) is 3.00. The van der Waals surface area contributed by atoms with E-state index in [2.05, 4.69) is 18.7 Å². The largest absolute Gasteiger partial charge is 0.339 e. The van der Waals surface area contributed by atoms with E-state index in [-0.39, 0.29) is 18.3 Å². The van der Waals surface area contributed by atoms with Gasteiger partial charge in [0.25, 0.3) is 0 Å². The van der Waals surface area contributed by atoms with Crippen LogP contribution in [0.25, 0.3) is 0 Å². The number of hydrogen-bond acceptors (Lipinski definition) is 2. The van der Waals surface area contributed by atoms with Crippen LogP contribution in [0.3, 0.4) is 0 Å². The first-order valence-electron chi connectivity index (χ1n) is 7.15. The van der Waals surface area contributed by atoms with Gasteiger partial charge >= 0.3 is 0 Å². The monoisotopic (exact) mass is 274 g/mol. The summed E-state index contributed by atoms with van der Waals surface area (Å²) in [6.45, 7) is 6.10. The van der Waals surface area contributed by atoms with Gasteiger partial charge in [0.15, 0.2) is 0 Å². The molecule has 1 saturated heterocycles. The summed E-state index contributed by atoms with van der Waals surface area (Å²) < 4.78 is 0. The molecule has 0 aromatic carbocycles. The van der Waals surface area contributed by atoms with E-state index in [9.17, 15) is 4.79 Å². The summed E-state index contributed by atoms with van der Waals surface area (Å²) in [5.41, 5.74) is 5.78. The summed E-state index contributed by atoms with van der Waals surface area (Å²) in [5.74, 6) is 1.64. The molecule has 2 N–H and O–H groups in total. The normalized spacial score (nSPS) is 31.8. The Morgan fingerprint density at radius 3 is 2.61 bits per heavy atom. The Hall–Kier alpha value is -0.280. The van der Waals surface area contributed by atoms with E-state index in [0.29, 0.717) is 30.3 Å². The molecule has 1 heterocycles. The van der Waals surface area contributed by atoms with E-state index in [1.807, 2.05) is 0 Å². The highest BCUT2D eigenvalue weighted by atomic mass is 35.5. The lowest BCUT2D eigenvalue weighted by molar-refractivity contribution is -0.138. The molecule has 18 heavy (non-hydrogen) atoms. The van der Waals surface area contributed by atoms with Gasteiger partial charge in [0.05, 0.1) is 0 Å². The molecule has 4 heteroatoms. The zero-order valence-corrected chi connectivity index (χ0v) is 12.4. The number of hydrogen-bond donors (Lipinski definition) is 1. The fraction of sp³-hybridized carbons (Fsp3) is 0.929. The number of nitrogens with zero attached hydrogens (tertiary/aromatic N) is 1. The molecule has 106 valence electrons. The summed E-state index contributed by atoms with van der Waals surface area (Å²) in [6.07, 6.45) is 5.74. The molecule has 0 bridgehead atoms. The van der Waals surface area contributed by atoms with E-state index in [4.69, 9.17) is 5.73 Å². The maximum atomic E-state index is 12.6. The molecule has 1 aliphatic heterocycles. The lowest BCUT2D eigenvalue weighted by Crippen LogP contribution is -2.43. The Kier molecular flexibility index (Phi) is 5.93. The molecule has 0 aromatic rings. The van der Waals surface area contributed by atoms with Crippen LogP contribution in [-0.2, 0) is 4.79 Å². The molecule has 2 fully saturated rings. The summed E-state index contributed by atoms with van der Waals surface area (Å²) in [6, 6.07) is 0.474. The molecular weight excluding hydrogens is 248 g/mol. The van der Waals surface area contributed by atoms with Crippen molar-refractivity contribution in [2.24, 2.45) is 23.5 Å². The van der Waals surface area contributed by atoms with Crippen molar-refractivity contribution in [3.63, 3.8) is 0 Å². The Bertz CT molecular complexity index is 283. The molecule has 0 radical (unpaired) electrons. The van der Waals surface area contributed by atoms with Crippen LogP contribution < -0.4 is 5.73 Å². The van der Waals surface area contributed by atoms with E-state index >= 15 is 0 Å². The molecular formula is C14H27ClN2O. The summed E-state index contributed by atoms with van der Waals surface area (Å²) >= 11 is 0. The minimum Gasteiger partial charge on any atom is -0.339 e. The smallest absolute Gasteiger partial charge is 0.226 e. The molecule has 0 aromatic heterocycles. The number of nitrogens with two attached hydrogens (primary N) is 1. The third-order valence-corrected chi connectivity index (χ3v) is 4.63. The van der Waals surface area contributed by atoms with Crippen molar-refractivity contribution in [2.45, 2.75) is 52.0 Å². The van der Waals surface area contributed by atoms with E-state index < -0.39 is 0 Å². The average molecular weight is 275 g/mol. The van der Waals surface area contributed by atoms with Crippen molar-refractivity contribution in [2.75, 3.05) is 13.1 Å². The molecule has 1 saturated carbocycles. The molecule has 2 aliphatic rings. The van der Waals surface area contributed by atoms with Crippen LogP contribution in [0.2, 0.25) is 0 Å². The second kappa shape index (κ2) is 6.76. The van der Waals surface area contributed by atoms with Crippen molar-refractivity contribution in [1.29, 1.82) is 0 Å². The van der Waals surface area contributed by atoms with Crippen LogP contribution in [0.4, 0.5) is 0 Å². The Morgan fingerprint density at radius 2 is 2.00 bits per heavy atom. The number of carbonyl (C=O) groups excluding carboxylic acids is 1. The van der Waals surface area contributed by atoms with Gasteiger partial charge in [-0.1, -0.05) is 20.3 Å². The van der Waals surface area contributed by atoms with Crippen molar-refractivity contribution in [3.8, 4) is 0 Å². The maximum absolute atomic E-state index is 12.6. The maximum Gasteiger partial charge on any atom is 0.226 e. The number of likely N-dealkylation sites (tertiary alicyclic amines) is 1. The van der Waals surface area contributed by atoms with Gasteiger partial charge in [-0.05, 0) is 44.1 Å². The second-order valence-electron chi connectivity index (χ2n) is 6.02. The van der Waals surface area contributed by atoms with Crippen molar-refractivity contribution >= 4 is 18.3 Å². The number of rotatable bonds is 3. The number of halogens is 1. The molecule has 3 nitrogen and oxygen atoms in total. The first-order valence-corrected chi connectivity index (χ1v) is 7.15. The molecule has 1 unspecified atom stereocenters. The zero-order chi connectivity index (χ0) is 12.4. The molecule has 3 atom stereocenters. The highest BCUT2D eigenvalue weighted by Crippen LogP contribution is 2.35. The van der Waals surface area contributed by atoms with E-state index in [1.54, 1.807) is 0 Å². The molecule has 1 aliphatic carbocycles. The van der Waals surface area contributed by atoms with Gasteiger partial charge in [-0.25, -0.2) is 0 Å². The average Bonchev–Trinajstić information content (AvgIpc) is 2.96. The van der Waals surface area contributed by atoms with E-state index in [0.717, 1.165) is 19.4 Å². The highest BCUT2D eigenvalue weighted by molar-refractivity contribution is 5.85. The zero-order valence-electron chi connectivity index (χ0n) is 11.6. The van der Waals surface area contributed by atoms with E-state index in [1.165, 1.54) is 19.3 Å². The SMILES string of the molecule is CC(C)C1CCCN1C(=O)[C@@H]1CCC[C@@H]1CN.Cl. The lowest BCUT2D eigenvalue weighted by atomic mass is 9.93. The van der Waals surface area contributed by atoms with Gasteiger partial charge in [0.1, 0.15) is 0 Å². The Morgan fingerprint density at radius 1 is 1.28 bits per heavy atom. The van der Waals surface area contributed by atoms with Crippen LogP contribution in [-0.4, -0.2) is 29.9 Å². The fourth-order valence-corrected chi connectivity index (χ4v) is 3.62. The minimum atomic E-state index is 0. The lowest BCUT2D eigenvalue weighted by Gasteiger charge is -2.31. The van der Waals surface area contributed by atoms with Crippen molar-refractivity contribution < 1.29 is 4.79 Å². The van der Waals surface area contributed by atoms with Gasteiger partial charge in [-0.15, -0.1) is 12.4 Å². The first-order chi connectivity index (χ1) is 8.15. The fourth-order valence-electron chi connectivity index (χ4n) is 3.62. The summed E-state index contributed by atoms with van der Waals surface area (Å²) in [4.78, 5) is 14.8. The minimum absolute atomic E-state index is 0. The van der Waals surface area contributed by atoms with Gasteiger partial charge in [-0.2, -0.15) is 0 Å². The summed E-state index contributed by atoms with van der Waals surface area (Å²) in [7, 11) is 0. The van der Waals surface area contributed by atoms with Crippen LogP contribution in [0, 0.1) is 17.8 Å². The van der Waals surface area contributed by atoms with Gasteiger partial charge in [0.2, 0.25) is 5.91 Å². The topological polar surface area (TPSA) is 46.3 Å². The van der Waals surface area contributed by atoms with Crippen LogP contribution in [0.5, 0.6) is 0 Å². The Labute approximate surface area is 117 Å². The first kappa shape index (κ1) is 15.8. The second-order valence-corrected chi connectivity index (χ2v) is 6.02. The quantitative estimate of drug-likeness (QED) is 0.859. The predicted molar refractivity (Wildman–Crippen MR) is 76.7 cm³/mol. The Balaban J connectivity index is 0.00000162. The molecule has 1 amide bonds. The van der Waals surface area contributed by atoms with Crippen molar-refractivity contribution in [3.05, 3.63) is 0 Å². The van der Waals surface area contributed by atoms with Crippen LogP contribution >= 0.6 is 12.4 Å². The molecule has 2 rings (SSSR count). The molecule has 0 spiro atoms. The number of amides is 1. The van der Waals surface area contributed by atoms with Gasteiger partial charge < -0.3 is 10.6 Å².